The number of nitrogens with zero attached hydrogens (tertiary/aromatic N) is 3. The number of carbonyl (C=O) groups excluding carboxylic acids is 2. The van der Waals surface area contributed by atoms with Gasteiger partial charge in [0.05, 0.1) is 11.4 Å². The average Bonchev–Trinajstić information content (AvgIpc) is 3.33. The van der Waals surface area contributed by atoms with Crippen LogP contribution in [0.1, 0.15) is 30.9 Å². The summed E-state index contributed by atoms with van der Waals surface area (Å²) in [4.78, 5) is 28.0. The number of benzene rings is 3. The fourth-order valence-electron chi connectivity index (χ4n) is 4.15. The van der Waals surface area contributed by atoms with E-state index < -0.39 is 0 Å². The lowest BCUT2D eigenvalue weighted by atomic mass is 10.1. The number of rotatable bonds is 9. The summed E-state index contributed by atoms with van der Waals surface area (Å²) in [5.74, 6) is 0.189. The molecule has 2 N–H and O–H groups in total. The quantitative estimate of drug-likeness (QED) is 0.243. The van der Waals surface area contributed by atoms with Crippen molar-refractivity contribution in [2.24, 2.45) is 0 Å². The Bertz CT molecular complexity index is 1380. The van der Waals surface area contributed by atoms with Crippen molar-refractivity contribution in [3.05, 3.63) is 95.0 Å². The molecule has 0 saturated carbocycles. The van der Waals surface area contributed by atoms with Gasteiger partial charge in [-0.15, -0.1) is 0 Å². The Morgan fingerprint density at radius 1 is 0.921 bits per heavy atom. The summed E-state index contributed by atoms with van der Waals surface area (Å²) in [6.07, 6.45) is 1.69. The number of hydrogen-bond donors (Lipinski definition) is 2. The van der Waals surface area contributed by atoms with Crippen molar-refractivity contribution in [2.75, 3.05) is 23.7 Å². The molecule has 0 aliphatic carbocycles. The number of carbonyl (C=O) groups is 2. The summed E-state index contributed by atoms with van der Waals surface area (Å²) < 4.78 is 1.67. The fraction of sp³-hybridized carbons (Fsp3) is 0.233. The van der Waals surface area contributed by atoms with Crippen molar-refractivity contribution in [3.63, 3.8) is 0 Å². The van der Waals surface area contributed by atoms with Gasteiger partial charge >= 0.3 is 6.03 Å². The summed E-state index contributed by atoms with van der Waals surface area (Å²) >= 11 is 6.09. The monoisotopic (exact) mass is 529 g/mol. The molecule has 196 valence electrons. The maximum atomic E-state index is 13.3. The van der Waals surface area contributed by atoms with Crippen LogP contribution in [-0.4, -0.2) is 39.7 Å². The largest absolute Gasteiger partial charge is 0.322 e. The predicted molar refractivity (Wildman–Crippen MR) is 154 cm³/mol. The number of para-hydroxylation sites is 1. The van der Waals surface area contributed by atoms with Gasteiger partial charge in [-0.25, -0.2) is 9.48 Å². The first kappa shape index (κ1) is 26.9. The Morgan fingerprint density at radius 3 is 2.26 bits per heavy atom. The zero-order valence-electron chi connectivity index (χ0n) is 21.9. The van der Waals surface area contributed by atoms with E-state index in [0.717, 1.165) is 40.9 Å². The van der Waals surface area contributed by atoms with Crippen LogP contribution in [0.5, 0.6) is 0 Å². The van der Waals surface area contributed by atoms with Crippen LogP contribution in [0.2, 0.25) is 5.02 Å². The number of unbranched alkanes of at least 4 members (excludes halogenated alkanes) is 1. The van der Waals surface area contributed by atoms with Crippen LogP contribution in [0, 0.1) is 13.8 Å². The minimum atomic E-state index is -0.313. The minimum absolute atomic E-state index is 0.0940. The van der Waals surface area contributed by atoms with Gasteiger partial charge in [0.15, 0.2) is 0 Å². The number of hydrogen-bond acceptors (Lipinski definition) is 3. The molecule has 0 spiro atoms. The maximum Gasteiger partial charge on any atom is 0.322 e. The lowest BCUT2D eigenvalue weighted by molar-refractivity contribution is -0.116. The molecule has 0 aliphatic heterocycles. The first-order valence-electron chi connectivity index (χ1n) is 12.7. The van der Waals surface area contributed by atoms with Crippen LogP contribution < -0.4 is 10.6 Å². The van der Waals surface area contributed by atoms with Gasteiger partial charge in [0.25, 0.3) is 0 Å². The van der Waals surface area contributed by atoms with Gasteiger partial charge in [-0.1, -0.05) is 73.5 Å². The summed E-state index contributed by atoms with van der Waals surface area (Å²) in [6, 6.07) is 24.4. The first-order chi connectivity index (χ1) is 18.4. The van der Waals surface area contributed by atoms with E-state index in [9.17, 15) is 9.59 Å². The highest BCUT2D eigenvalue weighted by molar-refractivity contribution is 6.30. The Kier molecular flexibility index (Phi) is 8.81. The van der Waals surface area contributed by atoms with Crippen LogP contribution in [0.25, 0.3) is 16.9 Å². The third kappa shape index (κ3) is 6.61. The van der Waals surface area contributed by atoms with E-state index in [1.807, 2.05) is 80.6 Å². The van der Waals surface area contributed by atoms with E-state index >= 15 is 0 Å². The van der Waals surface area contributed by atoms with Crippen molar-refractivity contribution < 1.29 is 9.59 Å². The van der Waals surface area contributed by atoms with Gasteiger partial charge in [-0.2, -0.15) is 5.10 Å². The Balaban J connectivity index is 1.57. The van der Waals surface area contributed by atoms with Gasteiger partial charge < -0.3 is 15.5 Å². The van der Waals surface area contributed by atoms with Gasteiger partial charge in [0, 0.05) is 28.9 Å². The standard InChI is InChI=1S/C30H32ClN5O2/c1-4-5-18-35(30(38)33-29-21(2)10-9-11-22(29)3)20-28(37)32-27-19-26(23-12-7-6-8-13-23)34-36(27)25-16-14-24(31)15-17-25/h6-17,19H,4-5,18,20H2,1-3H3,(H,32,37)(H,33,38). The zero-order valence-corrected chi connectivity index (χ0v) is 22.6. The summed E-state index contributed by atoms with van der Waals surface area (Å²) in [5.41, 5.74) is 5.10. The minimum Gasteiger partial charge on any atom is -0.315 e. The van der Waals surface area contributed by atoms with Gasteiger partial charge in [0.1, 0.15) is 12.4 Å². The van der Waals surface area contributed by atoms with Gasteiger partial charge in [-0.3, -0.25) is 4.79 Å². The maximum absolute atomic E-state index is 13.3. The molecule has 8 heteroatoms. The molecule has 38 heavy (non-hydrogen) atoms. The Hall–Kier alpha value is -4.10. The number of aryl methyl sites for hydroxylation is 2. The van der Waals surface area contributed by atoms with Crippen molar-refractivity contribution >= 4 is 35.0 Å². The second-order valence-electron chi connectivity index (χ2n) is 9.19. The number of halogens is 1. The van der Waals surface area contributed by atoms with Crippen molar-refractivity contribution in [1.29, 1.82) is 0 Å². The highest BCUT2D eigenvalue weighted by atomic mass is 35.5. The third-order valence-electron chi connectivity index (χ3n) is 6.23. The lowest BCUT2D eigenvalue weighted by Crippen LogP contribution is -2.41. The molecule has 7 nitrogen and oxygen atoms in total. The normalized spacial score (nSPS) is 10.7. The molecule has 4 aromatic rings. The number of nitrogens with one attached hydrogen (secondary N) is 2. The lowest BCUT2D eigenvalue weighted by Gasteiger charge is -2.23. The summed E-state index contributed by atoms with van der Waals surface area (Å²) in [6.45, 7) is 6.33. The van der Waals surface area contributed by atoms with E-state index in [1.54, 1.807) is 21.7 Å². The van der Waals surface area contributed by atoms with Gasteiger partial charge in [-0.05, 0) is 55.7 Å². The number of aromatic nitrogens is 2. The predicted octanol–water partition coefficient (Wildman–Crippen LogP) is 7.08. The van der Waals surface area contributed by atoms with Crippen LogP contribution in [0.15, 0.2) is 78.9 Å². The smallest absolute Gasteiger partial charge is 0.315 e. The molecule has 0 unspecified atom stereocenters. The molecule has 0 aliphatic rings. The topological polar surface area (TPSA) is 79.3 Å². The Labute approximate surface area is 228 Å². The van der Waals surface area contributed by atoms with E-state index in [0.29, 0.717) is 23.1 Å². The average molecular weight is 530 g/mol. The molecule has 0 saturated heterocycles. The number of amides is 3. The SMILES string of the molecule is CCCCN(CC(=O)Nc1cc(-c2ccccc2)nn1-c1ccc(Cl)cc1)C(=O)Nc1c(C)cccc1C. The summed E-state index contributed by atoms with van der Waals surface area (Å²) in [5, 5.41) is 11.3. The van der Waals surface area contributed by atoms with Crippen LogP contribution >= 0.6 is 11.6 Å². The van der Waals surface area contributed by atoms with Crippen LogP contribution in [-0.2, 0) is 4.79 Å². The first-order valence-corrected chi connectivity index (χ1v) is 13.1. The second-order valence-corrected chi connectivity index (χ2v) is 9.63. The highest BCUT2D eigenvalue weighted by Crippen LogP contribution is 2.26. The molecule has 1 aromatic heterocycles. The Morgan fingerprint density at radius 2 is 1.61 bits per heavy atom. The molecule has 1 heterocycles. The molecule has 0 radical (unpaired) electrons. The van der Waals surface area contributed by atoms with E-state index in [2.05, 4.69) is 17.6 Å². The molecule has 3 amide bonds. The van der Waals surface area contributed by atoms with Crippen molar-refractivity contribution in [3.8, 4) is 16.9 Å². The van der Waals surface area contributed by atoms with Gasteiger partial charge in [0.2, 0.25) is 5.91 Å². The van der Waals surface area contributed by atoms with E-state index in [1.165, 1.54) is 0 Å². The van der Waals surface area contributed by atoms with Crippen LogP contribution in [0.4, 0.5) is 16.3 Å². The molecule has 4 rings (SSSR count). The molecule has 0 atom stereocenters. The number of anilines is 2. The third-order valence-corrected chi connectivity index (χ3v) is 6.49. The molecule has 0 fully saturated rings. The fourth-order valence-corrected chi connectivity index (χ4v) is 4.28. The van der Waals surface area contributed by atoms with Crippen molar-refractivity contribution in [2.45, 2.75) is 33.6 Å². The molecule has 3 aromatic carbocycles. The highest BCUT2D eigenvalue weighted by Gasteiger charge is 2.20. The van der Waals surface area contributed by atoms with E-state index in [4.69, 9.17) is 16.7 Å². The van der Waals surface area contributed by atoms with E-state index in [-0.39, 0.29) is 18.5 Å². The molecular formula is C30H32ClN5O2. The second kappa shape index (κ2) is 12.4. The zero-order chi connectivity index (χ0) is 27.1. The number of urea groups is 1. The van der Waals surface area contributed by atoms with Crippen molar-refractivity contribution in [1.82, 2.24) is 14.7 Å². The molecule has 0 bridgehead atoms. The molecular weight excluding hydrogens is 498 g/mol. The van der Waals surface area contributed by atoms with Crippen LogP contribution in [0.3, 0.4) is 0 Å². The summed E-state index contributed by atoms with van der Waals surface area (Å²) in [7, 11) is 0.